The molecular weight excluding hydrogens is 400 g/mol. The molecule has 2 aromatic rings. The number of ether oxygens (including phenoxy) is 3. The van der Waals surface area contributed by atoms with Crippen molar-refractivity contribution >= 4 is 23.3 Å². The number of imide groups is 1. The summed E-state index contributed by atoms with van der Waals surface area (Å²) in [6.07, 6.45) is 0. The molecule has 2 aliphatic heterocycles. The maximum atomic E-state index is 12.3. The molecule has 0 aliphatic carbocycles. The number of fused-ring (bicyclic) bond motifs is 1. The van der Waals surface area contributed by atoms with Gasteiger partial charge in [-0.1, -0.05) is 6.07 Å². The molecule has 9 nitrogen and oxygen atoms in total. The van der Waals surface area contributed by atoms with Gasteiger partial charge < -0.3 is 24.4 Å². The molecule has 0 aromatic heterocycles. The van der Waals surface area contributed by atoms with Crippen LogP contribution in [-0.2, 0) is 4.79 Å². The van der Waals surface area contributed by atoms with E-state index in [0.717, 1.165) is 37.6 Å². The highest BCUT2D eigenvalue weighted by molar-refractivity contribution is 6.01. The predicted molar refractivity (Wildman–Crippen MR) is 116 cm³/mol. The molecule has 1 fully saturated rings. The number of benzene rings is 2. The smallest absolute Gasteiger partial charge is 0.325 e. The van der Waals surface area contributed by atoms with Crippen molar-refractivity contribution in [3.05, 3.63) is 42.5 Å². The number of nitrogens with zero attached hydrogens (tertiary/aromatic N) is 2. The quantitative estimate of drug-likeness (QED) is 0.755. The summed E-state index contributed by atoms with van der Waals surface area (Å²) < 4.78 is 16.2. The third kappa shape index (κ3) is 5.37. The lowest BCUT2D eigenvalue weighted by Crippen LogP contribution is -2.50. The fourth-order valence-electron chi connectivity index (χ4n) is 3.62. The summed E-state index contributed by atoms with van der Waals surface area (Å²) in [5.74, 6) is 1.69. The minimum atomic E-state index is -0.573. The van der Waals surface area contributed by atoms with Crippen LogP contribution < -0.4 is 29.7 Å². The Balaban J connectivity index is 1.22. The fraction of sp³-hybridized carbons (Fsp3) is 0.364. The molecule has 0 saturated carbocycles. The van der Waals surface area contributed by atoms with E-state index in [1.54, 1.807) is 25.3 Å². The topological polar surface area (TPSA) is 92.4 Å². The van der Waals surface area contributed by atoms with E-state index in [0.29, 0.717) is 30.4 Å². The van der Waals surface area contributed by atoms with Gasteiger partial charge in [0, 0.05) is 49.7 Å². The summed E-state index contributed by atoms with van der Waals surface area (Å²) in [7, 11) is 1.65. The molecule has 2 aromatic carbocycles. The number of piperazine rings is 1. The molecule has 0 spiro atoms. The average Bonchev–Trinajstić information content (AvgIpc) is 2.79. The third-order valence-corrected chi connectivity index (χ3v) is 5.21. The van der Waals surface area contributed by atoms with Gasteiger partial charge in [0.2, 0.25) is 5.91 Å². The zero-order valence-corrected chi connectivity index (χ0v) is 17.4. The largest absolute Gasteiger partial charge is 0.497 e. The van der Waals surface area contributed by atoms with Gasteiger partial charge in [0.15, 0.2) is 11.5 Å². The monoisotopic (exact) mass is 426 g/mol. The first-order chi connectivity index (χ1) is 15.1. The highest BCUT2D eigenvalue weighted by Gasteiger charge is 2.20. The molecule has 31 heavy (non-hydrogen) atoms. The van der Waals surface area contributed by atoms with Gasteiger partial charge in [0.1, 0.15) is 19.0 Å². The number of methoxy groups -OCH3 is 1. The zero-order chi connectivity index (χ0) is 21.6. The number of carbonyl (C=O) groups is 2. The molecule has 164 valence electrons. The highest BCUT2D eigenvalue weighted by Crippen LogP contribution is 2.32. The second-order valence-electron chi connectivity index (χ2n) is 7.33. The fourth-order valence-corrected chi connectivity index (χ4v) is 3.62. The molecule has 2 N–H and O–H groups in total. The summed E-state index contributed by atoms with van der Waals surface area (Å²) in [6.45, 7) is 4.19. The van der Waals surface area contributed by atoms with Crippen LogP contribution in [0.3, 0.4) is 0 Å². The van der Waals surface area contributed by atoms with Gasteiger partial charge in [-0.25, -0.2) is 4.79 Å². The van der Waals surface area contributed by atoms with Crippen molar-refractivity contribution < 1.29 is 23.8 Å². The Hall–Kier alpha value is -3.46. The Morgan fingerprint density at radius 2 is 1.77 bits per heavy atom. The first-order valence-corrected chi connectivity index (χ1v) is 10.2. The van der Waals surface area contributed by atoms with E-state index in [1.165, 1.54) is 0 Å². The van der Waals surface area contributed by atoms with Crippen molar-refractivity contribution in [3.63, 3.8) is 0 Å². The average molecular weight is 426 g/mol. The van der Waals surface area contributed by atoms with E-state index in [9.17, 15) is 9.59 Å². The number of nitrogens with one attached hydrogen (secondary N) is 2. The number of rotatable bonds is 5. The van der Waals surface area contributed by atoms with Gasteiger partial charge in [0.05, 0.1) is 13.7 Å². The SMILES string of the molecule is COc1cccc(N2CCN(CC(=O)NC(=O)Nc3ccc4c(c3)OCCO4)CC2)c1. The van der Waals surface area contributed by atoms with Gasteiger partial charge in [-0.05, 0) is 24.3 Å². The molecule has 0 radical (unpaired) electrons. The molecule has 0 unspecified atom stereocenters. The van der Waals surface area contributed by atoms with Gasteiger partial charge in [-0.15, -0.1) is 0 Å². The lowest BCUT2D eigenvalue weighted by atomic mass is 10.2. The molecule has 2 heterocycles. The summed E-state index contributed by atoms with van der Waals surface area (Å²) >= 11 is 0. The van der Waals surface area contributed by atoms with Crippen molar-refractivity contribution in [2.45, 2.75) is 0 Å². The van der Waals surface area contributed by atoms with Crippen LogP contribution in [0.2, 0.25) is 0 Å². The maximum Gasteiger partial charge on any atom is 0.325 e. The van der Waals surface area contributed by atoms with Crippen molar-refractivity contribution in [2.75, 3.05) is 63.3 Å². The second-order valence-corrected chi connectivity index (χ2v) is 7.33. The van der Waals surface area contributed by atoms with E-state index in [2.05, 4.69) is 15.5 Å². The standard InChI is InChI=1S/C22H26N4O5/c1-29-18-4-2-3-17(14-18)26-9-7-25(8-10-26)15-21(27)24-22(28)23-16-5-6-19-20(13-16)31-12-11-30-19/h2-6,13-14H,7-12,15H2,1H3,(H2,23,24,27,28). The van der Waals surface area contributed by atoms with E-state index < -0.39 is 6.03 Å². The van der Waals surface area contributed by atoms with Gasteiger partial charge in [-0.2, -0.15) is 0 Å². The van der Waals surface area contributed by atoms with E-state index in [-0.39, 0.29) is 12.5 Å². The molecule has 0 atom stereocenters. The predicted octanol–water partition coefficient (Wildman–Crippen LogP) is 1.94. The molecule has 9 heteroatoms. The molecule has 2 aliphatic rings. The van der Waals surface area contributed by atoms with Crippen LogP contribution in [0.1, 0.15) is 0 Å². The number of carbonyl (C=O) groups excluding carboxylic acids is 2. The van der Waals surface area contributed by atoms with Crippen molar-refractivity contribution in [1.82, 2.24) is 10.2 Å². The summed E-state index contributed by atoms with van der Waals surface area (Å²) in [6, 6.07) is 12.5. The lowest BCUT2D eigenvalue weighted by molar-refractivity contribution is -0.121. The zero-order valence-electron chi connectivity index (χ0n) is 17.4. The molecule has 1 saturated heterocycles. The Kier molecular flexibility index (Phi) is 6.42. The number of amides is 3. The van der Waals surface area contributed by atoms with E-state index in [1.807, 2.05) is 29.2 Å². The Morgan fingerprint density at radius 1 is 1.00 bits per heavy atom. The van der Waals surface area contributed by atoms with Crippen molar-refractivity contribution in [3.8, 4) is 17.2 Å². The first-order valence-electron chi connectivity index (χ1n) is 10.2. The number of anilines is 2. The molecule has 4 rings (SSSR count). The summed E-state index contributed by atoms with van der Waals surface area (Å²) in [5, 5.41) is 5.04. The second kappa shape index (κ2) is 9.57. The Bertz CT molecular complexity index is 943. The van der Waals surface area contributed by atoms with E-state index >= 15 is 0 Å². The molecule has 3 amide bonds. The lowest BCUT2D eigenvalue weighted by Gasteiger charge is -2.35. The highest BCUT2D eigenvalue weighted by atomic mass is 16.6. The number of hydrogen-bond acceptors (Lipinski definition) is 7. The van der Waals surface area contributed by atoms with Crippen LogP contribution in [0.25, 0.3) is 0 Å². The van der Waals surface area contributed by atoms with Crippen LogP contribution >= 0.6 is 0 Å². The normalized spacial score (nSPS) is 15.8. The number of hydrogen-bond donors (Lipinski definition) is 2. The molecular formula is C22H26N4O5. The third-order valence-electron chi connectivity index (χ3n) is 5.21. The minimum Gasteiger partial charge on any atom is -0.497 e. The van der Waals surface area contributed by atoms with Crippen molar-refractivity contribution in [1.29, 1.82) is 0 Å². The van der Waals surface area contributed by atoms with Crippen LogP contribution in [-0.4, -0.2) is 69.9 Å². The minimum absolute atomic E-state index is 0.167. The van der Waals surface area contributed by atoms with Crippen LogP contribution in [0.15, 0.2) is 42.5 Å². The van der Waals surface area contributed by atoms with Crippen molar-refractivity contribution in [2.24, 2.45) is 0 Å². The first kappa shape index (κ1) is 20.8. The summed E-state index contributed by atoms with van der Waals surface area (Å²) in [5.41, 5.74) is 1.63. The number of urea groups is 1. The van der Waals surface area contributed by atoms with Crippen LogP contribution in [0.5, 0.6) is 17.2 Å². The summed E-state index contributed by atoms with van der Waals surface area (Å²) in [4.78, 5) is 28.8. The van der Waals surface area contributed by atoms with Gasteiger partial charge in [-0.3, -0.25) is 15.0 Å². The van der Waals surface area contributed by atoms with Gasteiger partial charge >= 0.3 is 6.03 Å². The van der Waals surface area contributed by atoms with Crippen LogP contribution in [0, 0.1) is 0 Å². The van der Waals surface area contributed by atoms with Gasteiger partial charge in [0.25, 0.3) is 0 Å². The van der Waals surface area contributed by atoms with E-state index in [4.69, 9.17) is 14.2 Å². The maximum absolute atomic E-state index is 12.3. The Labute approximate surface area is 180 Å². The van der Waals surface area contributed by atoms with Crippen LogP contribution in [0.4, 0.5) is 16.2 Å². The molecule has 0 bridgehead atoms. The Morgan fingerprint density at radius 3 is 2.55 bits per heavy atom.